The van der Waals surface area contributed by atoms with Gasteiger partial charge in [-0.25, -0.2) is 0 Å². The molecule has 0 saturated carbocycles. The van der Waals surface area contributed by atoms with Crippen molar-refractivity contribution in [2.75, 3.05) is 18.5 Å². The molecule has 1 aliphatic rings. The van der Waals surface area contributed by atoms with E-state index in [0.717, 1.165) is 6.42 Å². The van der Waals surface area contributed by atoms with E-state index in [9.17, 15) is 4.79 Å². The normalized spacial score (nSPS) is 12.9. The lowest BCUT2D eigenvalue weighted by molar-refractivity contribution is 0.102. The van der Waals surface area contributed by atoms with Crippen LogP contribution in [-0.2, 0) is 0 Å². The van der Waals surface area contributed by atoms with Crippen molar-refractivity contribution in [3.05, 3.63) is 52.5 Å². The maximum absolute atomic E-state index is 12.4. The molecular weight excluding hydrogens is 316 g/mol. The zero-order valence-electron chi connectivity index (χ0n) is 12.1. The Morgan fingerprint density at radius 1 is 1.22 bits per heavy atom. The summed E-state index contributed by atoms with van der Waals surface area (Å²) in [4.78, 5) is 12.4. The maximum atomic E-state index is 12.4. The number of rotatable bonds is 2. The van der Waals surface area contributed by atoms with Gasteiger partial charge in [0.15, 0.2) is 11.5 Å². The fourth-order valence-corrected chi connectivity index (χ4v) is 2.50. The van der Waals surface area contributed by atoms with Gasteiger partial charge in [-0.2, -0.15) is 5.26 Å². The molecule has 2 aromatic rings. The number of fused-ring (bicyclic) bond motifs is 1. The quantitative estimate of drug-likeness (QED) is 0.913. The van der Waals surface area contributed by atoms with Gasteiger partial charge in [-0.05, 0) is 30.3 Å². The highest BCUT2D eigenvalue weighted by molar-refractivity contribution is 6.32. The van der Waals surface area contributed by atoms with Crippen LogP contribution in [0.1, 0.15) is 22.3 Å². The van der Waals surface area contributed by atoms with Crippen LogP contribution < -0.4 is 14.8 Å². The van der Waals surface area contributed by atoms with E-state index in [0.29, 0.717) is 46.5 Å². The molecule has 5 nitrogen and oxygen atoms in total. The van der Waals surface area contributed by atoms with Crippen LogP contribution in [0.5, 0.6) is 11.5 Å². The van der Waals surface area contributed by atoms with Gasteiger partial charge < -0.3 is 14.8 Å². The van der Waals surface area contributed by atoms with Crippen LogP contribution in [0.15, 0.2) is 36.4 Å². The number of hydrogen-bond donors (Lipinski definition) is 1. The maximum Gasteiger partial charge on any atom is 0.255 e. The number of benzene rings is 2. The van der Waals surface area contributed by atoms with Crippen molar-refractivity contribution in [3.63, 3.8) is 0 Å². The predicted molar refractivity (Wildman–Crippen MR) is 86.2 cm³/mol. The summed E-state index contributed by atoms with van der Waals surface area (Å²) in [6.45, 7) is 1.04. The lowest BCUT2D eigenvalue weighted by atomic mass is 10.1. The molecule has 0 radical (unpaired) electrons. The van der Waals surface area contributed by atoms with E-state index in [1.165, 1.54) is 0 Å². The molecule has 0 aromatic heterocycles. The minimum absolute atomic E-state index is 0.334. The molecule has 0 fully saturated rings. The Bertz CT molecular complexity index is 799. The third kappa shape index (κ3) is 3.38. The Morgan fingerprint density at radius 3 is 2.87 bits per heavy atom. The summed E-state index contributed by atoms with van der Waals surface area (Å²) < 4.78 is 11.1. The van der Waals surface area contributed by atoms with Gasteiger partial charge in [0, 0.05) is 17.7 Å². The summed E-state index contributed by atoms with van der Waals surface area (Å²) in [5.41, 5.74) is 1.37. The summed E-state index contributed by atoms with van der Waals surface area (Å²) in [5, 5.41) is 12.0. The molecule has 116 valence electrons. The SMILES string of the molecule is N#Cc1cccc(NC(=O)c2cc(Cl)c3c(c2)OCCCO3)c1. The largest absolute Gasteiger partial charge is 0.489 e. The number of hydrogen-bond acceptors (Lipinski definition) is 4. The van der Waals surface area contributed by atoms with Gasteiger partial charge in [-0.15, -0.1) is 0 Å². The van der Waals surface area contributed by atoms with Gasteiger partial charge in [0.1, 0.15) is 0 Å². The van der Waals surface area contributed by atoms with Gasteiger partial charge in [-0.1, -0.05) is 17.7 Å². The number of nitriles is 1. The second-order valence-corrected chi connectivity index (χ2v) is 5.39. The Kier molecular flexibility index (Phi) is 4.35. The molecule has 0 bridgehead atoms. The highest BCUT2D eigenvalue weighted by atomic mass is 35.5. The number of ether oxygens (including phenoxy) is 2. The van der Waals surface area contributed by atoms with Crippen molar-refractivity contribution in [3.8, 4) is 17.6 Å². The van der Waals surface area contributed by atoms with Crippen molar-refractivity contribution in [1.82, 2.24) is 0 Å². The Balaban J connectivity index is 1.86. The van der Waals surface area contributed by atoms with Gasteiger partial charge in [0.05, 0.1) is 29.9 Å². The first kappa shape index (κ1) is 15.2. The zero-order chi connectivity index (χ0) is 16.2. The topological polar surface area (TPSA) is 71.4 Å². The van der Waals surface area contributed by atoms with Crippen LogP contribution in [0.2, 0.25) is 5.02 Å². The first-order valence-electron chi connectivity index (χ1n) is 7.08. The standard InChI is InChI=1S/C17H13ClN2O3/c18-14-8-12(9-15-16(14)23-6-2-5-22-15)17(21)20-13-4-1-3-11(7-13)10-19/h1,3-4,7-9H,2,5-6H2,(H,20,21). The summed E-state index contributed by atoms with van der Waals surface area (Å²) in [6.07, 6.45) is 0.757. The molecule has 1 N–H and O–H groups in total. The van der Waals surface area contributed by atoms with E-state index in [2.05, 4.69) is 5.32 Å². The lowest BCUT2D eigenvalue weighted by Crippen LogP contribution is -2.12. The van der Waals surface area contributed by atoms with E-state index in [-0.39, 0.29) is 5.91 Å². The zero-order valence-corrected chi connectivity index (χ0v) is 12.9. The molecule has 1 aliphatic heterocycles. The van der Waals surface area contributed by atoms with Crippen LogP contribution >= 0.6 is 11.6 Å². The van der Waals surface area contributed by atoms with Gasteiger partial charge in [0.2, 0.25) is 0 Å². The summed E-state index contributed by atoms with van der Waals surface area (Å²) in [6, 6.07) is 11.9. The van der Waals surface area contributed by atoms with E-state index in [1.54, 1.807) is 36.4 Å². The van der Waals surface area contributed by atoms with Gasteiger partial charge in [0.25, 0.3) is 5.91 Å². The molecule has 0 unspecified atom stereocenters. The third-order valence-electron chi connectivity index (χ3n) is 3.31. The van der Waals surface area contributed by atoms with E-state index < -0.39 is 0 Å². The fourth-order valence-electron chi connectivity index (χ4n) is 2.23. The molecule has 23 heavy (non-hydrogen) atoms. The fraction of sp³-hybridized carbons (Fsp3) is 0.176. The average molecular weight is 329 g/mol. The molecule has 6 heteroatoms. The van der Waals surface area contributed by atoms with Crippen LogP contribution in [0.25, 0.3) is 0 Å². The molecule has 1 amide bonds. The molecular formula is C17H13ClN2O3. The Morgan fingerprint density at radius 2 is 2.04 bits per heavy atom. The number of nitrogens with one attached hydrogen (secondary N) is 1. The van der Waals surface area contributed by atoms with E-state index in [1.807, 2.05) is 6.07 Å². The number of amides is 1. The van der Waals surface area contributed by atoms with Crippen molar-refractivity contribution < 1.29 is 14.3 Å². The number of carbonyl (C=O) groups excluding carboxylic acids is 1. The smallest absolute Gasteiger partial charge is 0.255 e. The molecule has 0 saturated heterocycles. The van der Waals surface area contributed by atoms with Crippen LogP contribution in [0.3, 0.4) is 0 Å². The number of anilines is 1. The first-order valence-corrected chi connectivity index (χ1v) is 7.46. The molecule has 0 spiro atoms. The van der Waals surface area contributed by atoms with Gasteiger partial charge in [-0.3, -0.25) is 4.79 Å². The lowest BCUT2D eigenvalue weighted by Gasteiger charge is -2.12. The second kappa shape index (κ2) is 6.59. The van der Waals surface area contributed by atoms with Crippen molar-refractivity contribution in [2.24, 2.45) is 0 Å². The highest BCUT2D eigenvalue weighted by Crippen LogP contribution is 2.38. The van der Waals surface area contributed by atoms with E-state index in [4.69, 9.17) is 26.3 Å². The highest BCUT2D eigenvalue weighted by Gasteiger charge is 2.18. The van der Waals surface area contributed by atoms with Gasteiger partial charge >= 0.3 is 0 Å². The summed E-state index contributed by atoms with van der Waals surface area (Å²) in [7, 11) is 0. The first-order chi connectivity index (χ1) is 11.2. The minimum atomic E-state index is -0.336. The number of nitrogens with zero attached hydrogens (tertiary/aromatic N) is 1. The Labute approximate surface area is 138 Å². The molecule has 0 aliphatic carbocycles. The molecule has 0 atom stereocenters. The minimum Gasteiger partial charge on any atom is -0.489 e. The Hall–Kier alpha value is -2.71. The van der Waals surface area contributed by atoms with Crippen molar-refractivity contribution in [2.45, 2.75) is 6.42 Å². The number of halogens is 1. The molecule has 1 heterocycles. The van der Waals surface area contributed by atoms with Crippen LogP contribution in [-0.4, -0.2) is 19.1 Å². The summed E-state index contributed by atoms with van der Waals surface area (Å²) in [5.74, 6) is 0.593. The number of carbonyl (C=O) groups is 1. The third-order valence-corrected chi connectivity index (χ3v) is 3.59. The summed E-state index contributed by atoms with van der Waals surface area (Å²) >= 11 is 6.19. The molecule has 2 aromatic carbocycles. The van der Waals surface area contributed by atoms with E-state index >= 15 is 0 Å². The monoisotopic (exact) mass is 328 g/mol. The average Bonchev–Trinajstić information content (AvgIpc) is 2.80. The predicted octanol–water partition coefficient (Wildman–Crippen LogP) is 3.63. The van der Waals surface area contributed by atoms with Crippen molar-refractivity contribution in [1.29, 1.82) is 5.26 Å². The van der Waals surface area contributed by atoms with Crippen LogP contribution in [0.4, 0.5) is 5.69 Å². The van der Waals surface area contributed by atoms with Crippen molar-refractivity contribution >= 4 is 23.2 Å². The second-order valence-electron chi connectivity index (χ2n) is 4.98. The van der Waals surface area contributed by atoms with Crippen LogP contribution in [0, 0.1) is 11.3 Å². The molecule has 3 rings (SSSR count).